The summed E-state index contributed by atoms with van der Waals surface area (Å²) in [6.07, 6.45) is 9.08. The second kappa shape index (κ2) is 7.01. The minimum atomic E-state index is 0.566. The molecular weight excluding hydrogens is 260 g/mol. The van der Waals surface area contributed by atoms with Crippen molar-refractivity contribution in [2.75, 3.05) is 6.54 Å². The minimum Gasteiger partial charge on any atom is -0.308 e. The third kappa shape index (κ3) is 3.54. The van der Waals surface area contributed by atoms with Crippen LogP contribution in [0.3, 0.4) is 0 Å². The van der Waals surface area contributed by atoms with E-state index in [9.17, 15) is 0 Å². The van der Waals surface area contributed by atoms with E-state index in [1.165, 1.54) is 0 Å². The zero-order valence-corrected chi connectivity index (χ0v) is 11.9. The van der Waals surface area contributed by atoms with Crippen molar-refractivity contribution in [3.05, 3.63) is 61.1 Å². The zero-order chi connectivity index (χ0) is 15.1. The van der Waals surface area contributed by atoms with Gasteiger partial charge < -0.3 is 4.57 Å². The van der Waals surface area contributed by atoms with E-state index >= 15 is 0 Å². The highest BCUT2D eigenvalue weighted by Crippen LogP contribution is 2.19. The average molecular weight is 276 g/mol. The second-order valence-corrected chi connectivity index (χ2v) is 4.35. The van der Waals surface area contributed by atoms with Gasteiger partial charge in [0.15, 0.2) is 0 Å². The SMILES string of the molecule is C=C/C=C(\CN=CC)n1cnc(-c2cccc(C#N)c2)c1. The highest BCUT2D eigenvalue weighted by molar-refractivity contribution is 5.63. The van der Waals surface area contributed by atoms with Crippen molar-refractivity contribution in [2.45, 2.75) is 6.92 Å². The Bertz CT molecular complexity index is 729. The Labute approximate surface area is 124 Å². The molecule has 0 fully saturated rings. The van der Waals surface area contributed by atoms with Crippen LogP contribution in [-0.2, 0) is 0 Å². The molecule has 4 heteroatoms. The quantitative estimate of drug-likeness (QED) is 0.619. The Morgan fingerprint density at radius 3 is 3.10 bits per heavy atom. The van der Waals surface area contributed by atoms with Crippen molar-refractivity contribution >= 4 is 11.9 Å². The molecule has 21 heavy (non-hydrogen) atoms. The molecule has 2 rings (SSSR count). The van der Waals surface area contributed by atoms with E-state index in [0.717, 1.165) is 17.0 Å². The van der Waals surface area contributed by atoms with Crippen LogP contribution < -0.4 is 0 Å². The summed E-state index contributed by atoms with van der Waals surface area (Å²) in [5, 5.41) is 8.96. The van der Waals surface area contributed by atoms with Crippen molar-refractivity contribution in [3.63, 3.8) is 0 Å². The Balaban J connectivity index is 2.34. The van der Waals surface area contributed by atoms with Crippen molar-refractivity contribution in [2.24, 2.45) is 4.99 Å². The van der Waals surface area contributed by atoms with Crippen LogP contribution in [0.5, 0.6) is 0 Å². The third-order valence-corrected chi connectivity index (χ3v) is 2.95. The first-order chi connectivity index (χ1) is 10.3. The molecule has 0 radical (unpaired) electrons. The van der Waals surface area contributed by atoms with E-state index in [2.05, 4.69) is 22.6 Å². The molecule has 0 atom stereocenters. The summed E-state index contributed by atoms with van der Waals surface area (Å²) in [5.41, 5.74) is 3.35. The highest BCUT2D eigenvalue weighted by atomic mass is 15.1. The van der Waals surface area contributed by atoms with Crippen molar-refractivity contribution in [1.29, 1.82) is 5.26 Å². The van der Waals surface area contributed by atoms with Crippen molar-refractivity contribution in [3.8, 4) is 17.3 Å². The Hall–Kier alpha value is -2.93. The maximum absolute atomic E-state index is 8.96. The predicted molar refractivity (Wildman–Crippen MR) is 85.9 cm³/mol. The van der Waals surface area contributed by atoms with E-state index in [-0.39, 0.29) is 0 Å². The monoisotopic (exact) mass is 276 g/mol. The van der Waals surface area contributed by atoms with E-state index in [0.29, 0.717) is 12.1 Å². The van der Waals surface area contributed by atoms with Gasteiger partial charge >= 0.3 is 0 Å². The topological polar surface area (TPSA) is 54.0 Å². The van der Waals surface area contributed by atoms with Gasteiger partial charge in [0, 0.05) is 17.5 Å². The lowest BCUT2D eigenvalue weighted by molar-refractivity contribution is 1.03. The Morgan fingerprint density at radius 2 is 2.38 bits per heavy atom. The molecule has 0 saturated carbocycles. The van der Waals surface area contributed by atoms with E-state index in [4.69, 9.17) is 5.26 Å². The summed E-state index contributed by atoms with van der Waals surface area (Å²) >= 11 is 0. The summed E-state index contributed by atoms with van der Waals surface area (Å²) in [5.74, 6) is 0. The van der Waals surface area contributed by atoms with Gasteiger partial charge in [0.1, 0.15) is 0 Å². The third-order valence-electron chi connectivity index (χ3n) is 2.95. The molecular formula is C17H16N4. The summed E-state index contributed by atoms with van der Waals surface area (Å²) in [6, 6.07) is 9.54. The van der Waals surface area contributed by atoms with Crippen molar-refractivity contribution < 1.29 is 0 Å². The van der Waals surface area contributed by atoms with Gasteiger partial charge in [-0.15, -0.1) is 0 Å². The van der Waals surface area contributed by atoms with Gasteiger partial charge in [-0.05, 0) is 31.3 Å². The molecule has 1 aromatic heterocycles. The number of hydrogen-bond donors (Lipinski definition) is 0. The molecule has 2 aromatic rings. The van der Waals surface area contributed by atoms with Crippen LogP contribution in [-0.4, -0.2) is 22.3 Å². The summed E-state index contributed by atoms with van der Waals surface area (Å²) in [7, 11) is 0. The standard InChI is InChI=1S/C17H16N4/c1-3-6-16(11-19-4-2)21-12-17(20-13-21)15-8-5-7-14(9-15)10-18/h3-9,12-13H,1,11H2,2H3/b16-6+,19-4?. The van der Waals surface area contributed by atoms with E-state index in [1.54, 1.807) is 24.7 Å². The molecule has 1 heterocycles. The molecule has 104 valence electrons. The number of benzene rings is 1. The van der Waals surface area contributed by atoms with Gasteiger partial charge in [-0.3, -0.25) is 4.99 Å². The van der Waals surface area contributed by atoms with Crippen LogP contribution >= 0.6 is 0 Å². The summed E-state index contributed by atoms with van der Waals surface area (Å²) in [4.78, 5) is 8.64. The molecule has 0 unspecified atom stereocenters. The first-order valence-corrected chi connectivity index (χ1v) is 6.59. The maximum Gasteiger partial charge on any atom is 0.0997 e. The molecule has 0 aliphatic heterocycles. The van der Waals surface area contributed by atoms with Gasteiger partial charge in [0.2, 0.25) is 0 Å². The van der Waals surface area contributed by atoms with Gasteiger partial charge in [-0.1, -0.05) is 24.8 Å². The lowest BCUT2D eigenvalue weighted by Gasteiger charge is -2.04. The fourth-order valence-corrected chi connectivity index (χ4v) is 1.92. The average Bonchev–Trinajstić information content (AvgIpc) is 3.01. The van der Waals surface area contributed by atoms with E-state index in [1.807, 2.05) is 42.0 Å². The van der Waals surface area contributed by atoms with Crippen molar-refractivity contribution in [1.82, 2.24) is 9.55 Å². The molecule has 0 bridgehead atoms. The smallest absolute Gasteiger partial charge is 0.0997 e. The number of allylic oxidation sites excluding steroid dienone is 2. The Kier molecular flexibility index (Phi) is 4.84. The fourth-order valence-electron chi connectivity index (χ4n) is 1.92. The van der Waals surface area contributed by atoms with Crippen LogP contribution in [0.1, 0.15) is 12.5 Å². The van der Waals surface area contributed by atoms with Crippen LogP contribution in [0, 0.1) is 11.3 Å². The van der Waals surface area contributed by atoms with E-state index < -0.39 is 0 Å². The number of imidazole rings is 1. The number of rotatable bonds is 5. The fraction of sp³-hybridized carbons (Fsp3) is 0.118. The number of aromatic nitrogens is 2. The van der Waals surface area contributed by atoms with Crippen LogP contribution in [0.15, 0.2) is 60.5 Å². The van der Waals surface area contributed by atoms with Gasteiger partial charge in [0.05, 0.1) is 30.2 Å². The lowest BCUT2D eigenvalue weighted by atomic mass is 10.1. The van der Waals surface area contributed by atoms with Crippen LogP contribution in [0.4, 0.5) is 0 Å². The molecule has 0 aliphatic rings. The van der Waals surface area contributed by atoms with Gasteiger partial charge in [-0.25, -0.2) is 4.98 Å². The highest BCUT2D eigenvalue weighted by Gasteiger charge is 2.05. The van der Waals surface area contributed by atoms with Gasteiger partial charge in [0.25, 0.3) is 0 Å². The second-order valence-electron chi connectivity index (χ2n) is 4.35. The summed E-state index contributed by atoms with van der Waals surface area (Å²) < 4.78 is 1.92. The number of aliphatic imine (C=N–C) groups is 1. The number of nitriles is 1. The molecule has 4 nitrogen and oxygen atoms in total. The molecule has 1 aromatic carbocycles. The minimum absolute atomic E-state index is 0.566. The molecule has 0 spiro atoms. The van der Waals surface area contributed by atoms with Crippen LogP contribution in [0.25, 0.3) is 17.0 Å². The van der Waals surface area contributed by atoms with Crippen LogP contribution in [0.2, 0.25) is 0 Å². The largest absolute Gasteiger partial charge is 0.308 e. The zero-order valence-electron chi connectivity index (χ0n) is 11.9. The Morgan fingerprint density at radius 1 is 1.52 bits per heavy atom. The normalized spacial score (nSPS) is 11.5. The first-order valence-electron chi connectivity index (χ1n) is 6.59. The lowest BCUT2D eigenvalue weighted by Crippen LogP contribution is -1.97. The molecule has 0 N–H and O–H groups in total. The van der Waals surface area contributed by atoms with Gasteiger partial charge in [-0.2, -0.15) is 5.26 Å². The molecule has 0 saturated heterocycles. The summed E-state index contributed by atoms with van der Waals surface area (Å²) in [6.45, 7) is 6.18. The molecule has 0 amide bonds. The molecule has 0 aliphatic carbocycles. The predicted octanol–water partition coefficient (Wildman–Crippen LogP) is 3.54. The first kappa shape index (κ1) is 14.5. The maximum atomic E-state index is 8.96. The number of hydrogen-bond acceptors (Lipinski definition) is 3. The number of nitrogens with zero attached hydrogens (tertiary/aromatic N) is 4.